The second-order valence-electron chi connectivity index (χ2n) is 8.25. The molecule has 1 aromatic carbocycles. The lowest BCUT2D eigenvalue weighted by Crippen LogP contribution is -2.23. The molecule has 1 N–H and O–H groups in total. The summed E-state index contributed by atoms with van der Waals surface area (Å²) in [5, 5.41) is 4.77. The van der Waals surface area contributed by atoms with Crippen molar-refractivity contribution >= 4 is 32.2 Å². The van der Waals surface area contributed by atoms with Gasteiger partial charge in [-0.3, -0.25) is 4.79 Å². The van der Waals surface area contributed by atoms with Crippen LogP contribution < -0.4 is 5.32 Å². The molecule has 1 unspecified atom stereocenters. The first-order valence-electron chi connectivity index (χ1n) is 10.1. The predicted molar refractivity (Wildman–Crippen MR) is 112 cm³/mol. The maximum Gasteiger partial charge on any atom is 0.233 e. The summed E-state index contributed by atoms with van der Waals surface area (Å²) in [6.45, 7) is 1.82. The van der Waals surface area contributed by atoms with Gasteiger partial charge < -0.3 is 5.32 Å². The van der Waals surface area contributed by atoms with Gasteiger partial charge in [0.1, 0.15) is 12.3 Å². The minimum Gasteiger partial charge on any atom is -0.301 e. The number of carbonyl (C=O) groups is 1. The summed E-state index contributed by atoms with van der Waals surface area (Å²) in [6, 6.07) is 6.34. The number of sulfone groups is 1. The van der Waals surface area contributed by atoms with Gasteiger partial charge >= 0.3 is 0 Å². The summed E-state index contributed by atoms with van der Waals surface area (Å²) in [6.07, 6.45) is -1.15. The summed E-state index contributed by atoms with van der Waals surface area (Å²) in [7, 11) is -3.32. The molecule has 162 valence electrons. The molecule has 1 aromatic heterocycles. The second-order valence-corrected chi connectivity index (χ2v) is 11.3. The van der Waals surface area contributed by atoms with Crippen LogP contribution in [0, 0.1) is 12.8 Å². The van der Waals surface area contributed by atoms with E-state index in [0.717, 1.165) is 5.69 Å². The molecule has 0 bridgehead atoms. The van der Waals surface area contributed by atoms with Gasteiger partial charge in [0, 0.05) is 5.38 Å². The van der Waals surface area contributed by atoms with Crippen LogP contribution in [0.15, 0.2) is 34.5 Å². The van der Waals surface area contributed by atoms with Gasteiger partial charge in [0.25, 0.3) is 0 Å². The third kappa shape index (κ3) is 4.56. The fourth-order valence-electron chi connectivity index (χ4n) is 4.01. The summed E-state index contributed by atoms with van der Waals surface area (Å²) in [4.78, 5) is 17.5. The molecule has 2 fully saturated rings. The van der Waals surface area contributed by atoms with Crippen LogP contribution in [0.2, 0.25) is 0 Å². The number of amides is 1. The number of carbonyl (C=O) groups excluding carboxylic acids is 1. The van der Waals surface area contributed by atoms with Crippen LogP contribution in [0.4, 0.5) is 13.9 Å². The Morgan fingerprint density at radius 3 is 2.37 bits per heavy atom. The zero-order chi connectivity index (χ0) is 21.5. The lowest BCUT2D eigenvalue weighted by atomic mass is 9.87. The molecule has 0 saturated heterocycles. The molecule has 9 heteroatoms. The van der Waals surface area contributed by atoms with Crippen LogP contribution in [-0.4, -0.2) is 36.9 Å². The molecule has 2 saturated carbocycles. The Labute approximate surface area is 178 Å². The highest BCUT2D eigenvalue weighted by Crippen LogP contribution is 2.39. The predicted octanol–water partition coefficient (Wildman–Crippen LogP) is 4.59. The highest BCUT2D eigenvalue weighted by atomic mass is 32.2. The van der Waals surface area contributed by atoms with Gasteiger partial charge in [0.15, 0.2) is 15.0 Å². The van der Waals surface area contributed by atoms with Crippen LogP contribution >= 0.6 is 11.3 Å². The topological polar surface area (TPSA) is 76.1 Å². The van der Waals surface area contributed by atoms with E-state index in [1.165, 1.54) is 23.5 Å². The number of thiazole rings is 1. The Balaban J connectivity index is 1.56. The number of nitrogens with zero attached hydrogens (tertiary/aromatic N) is 1. The Kier molecular flexibility index (Phi) is 5.94. The van der Waals surface area contributed by atoms with E-state index in [1.54, 1.807) is 12.1 Å². The molecule has 2 aromatic rings. The standard InChI is InChI=1S/C21H24F2N2O3S2/c1-12-11-29-21(24-12)25-20(26)17(8-13-9-18(22)19(23)10-13)14-2-4-15(5-3-14)30(27,28)16-6-7-16/h2-5,11,13,16-19H,6-10H2,1H3,(H,24,25,26)/t13?,17-,18-,19+/m1/s1. The summed E-state index contributed by atoms with van der Waals surface area (Å²) in [5.74, 6) is -1.20. The molecule has 4 rings (SSSR count). The Bertz CT molecular complexity index is 1010. The molecule has 1 heterocycles. The van der Waals surface area contributed by atoms with Crippen molar-refractivity contribution in [3.63, 3.8) is 0 Å². The smallest absolute Gasteiger partial charge is 0.233 e. The number of halogens is 2. The first-order valence-corrected chi connectivity index (χ1v) is 12.5. The highest BCUT2D eigenvalue weighted by Gasteiger charge is 2.38. The van der Waals surface area contributed by atoms with Crippen molar-refractivity contribution in [1.82, 2.24) is 4.98 Å². The first kappa shape index (κ1) is 21.4. The minimum atomic E-state index is -3.32. The van der Waals surface area contributed by atoms with E-state index in [4.69, 9.17) is 0 Å². The Morgan fingerprint density at radius 2 is 1.83 bits per heavy atom. The van der Waals surface area contributed by atoms with Crippen LogP contribution in [0.25, 0.3) is 0 Å². The first-order chi connectivity index (χ1) is 14.2. The van der Waals surface area contributed by atoms with Gasteiger partial charge in [-0.25, -0.2) is 22.2 Å². The number of hydrogen-bond acceptors (Lipinski definition) is 5. The summed E-state index contributed by atoms with van der Waals surface area (Å²) >= 11 is 1.31. The Morgan fingerprint density at radius 1 is 1.20 bits per heavy atom. The SMILES string of the molecule is Cc1csc(NC(=O)[C@H](CC2C[C@@H](F)[C@@H](F)C2)c2ccc(S(=O)(=O)C3CC3)cc2)n1. The van der Waals surface area contributed by atoms with Crippen molar-refractivity contribution in [3.8, 4) is 0 Å². The molecule has 2 aliphatic rings. The molecule has 30 heavy (non-hydrogen) atoms. The molecule has 1 amide bonds. The average Bonchev–Trinajstić information content (AvgIpc) is 3.42. The molecule has 0 spiro atoms. The van der Waals surface area contributed by atoms with Gasteiger partial charge in [-0.15, -0.1) is 11.3 Å². The number of nitrogens with one attached hydrogen (secondary N) is 1. The number of benzene rings is 1. The van der Waals surface area contributed by atoms with Crippen LogP contribution in [0.1, 0.15) is 49.3 Å². The van der Waals surface area contributed by atoms with E-state index in [1.807, 2.05) is 12.3 Å². The fraction of sp³-hybridized carbons (Fsp3) is 0.524. The quantitative estimate of drug-likeness (QED) is 0.664. The third-order valence-electron chi connectivity index (χ3n) is 5.82. The number of hydrogen-bond donors (Lipinski definition) is 1. The van der Waals surface area contributed by atoms with Crippen LogP contribution in [-0.2, 0) is 14.6 Å². The normalized spacial score (nSPS) is 25.2. The number of rotatable bonds is 7. The van der Waals surface area contributed by atoms with E-state index in [9.17, 15) is 22.0 Å². The van der Waals surface area contributed by atoms with E-state index in [2.05, 4.69) is 10.3 Å². The monoisotopic (exact) mass is 454 g/mol. The van der Waals surface area contributed by atoms with Gasteiger partial charge in [0.05, 0.1) is 21.8 Å². The maximum atomic E-state index is 13.7. The molecular formula is C21H24F2N2O3S2. The summed E-state index contributed by atoms with van der Waals surface area (Å²) in [5.41, 5.74) is 1.42. The lowest BCUT2D eigenvalue weighted by molar-refractivity contribution is -0.118. The van der Waals surface area contributed by atoms with Crippen LogP contribution in [0.3, 0.4) is 0 Å². The zero-order valence-electron chi connectivity index (χ0n) is 16.6. The molecule has 0 radical (unpaired) electrons. The highest BCUT2D eigenvalue weighted by molar-refractivity contribution is 7.92. The average molecular weight is 455 g/mol. The van der Waals surface area contributed by atoms with Crippen molar-refractivity contribution in [2.45, 2.75) is 67.4 Å². The van der Waals surface area contributed by atoms with E-state index in [0.29, 0.717) is 30.0 Å². The fourth-order valence-corrected chi connectivity index (χ4v) is 6.36. The van der Waals surface area contributed by atoms with Crippen molar-refractivity contribution in [1.29, 1.82) is 0 Å². The van der Waals surface area contributed by atoms with Crippen molar-refractivity contribution in [3.05, 3.63) is 40.9 Å². The lowest BCUT2D eigenvalue weighted by Gasteiger charge is -2.20. The van der Waals surface area contributed by atoms with Gasteiger partial charge in [-0.05, 0) is 62.6 Å². The number of aromatic nitrogens is 1. The van der Waals surface area contributed by atoms with Crippen molar-refractivity contribution in [2.75, 3.05) is 5.32 Å². The van der Waals surface area contributed by atoms with Crippen molar-refractivity contribution in [2.24, 2.45) is 5.92 Å². The van der Waals surface area contributed by atoms with Crippen LogP contribution in [0.5, 0.6) is 0 Å². The maximum absolute atomic E-state index is 13.7. The number of anilines is 1. The van der Waals surface area contributed by atoms with E-state index in [-0.39, 0.29) is 34.8 Å². The second kappa shape index (κ2) is 8.34. The van der Waals surface area contributed by atoms with Gasteiger partial charge in [0.2, 0.25) is 5.91 Å². The number of alkyl halides is 2. The molecule has 5 nitrogen and oxygen atoms in total. The zero-order valence-corrected chi connectivity index (χ0v) is 18.2. The van der Waals surface area contributed by atoms with E-state index >= 15 is 0 Å². The molecule has 4 atom stereocenters. The number of aryl methyl sites for hydroxylation is 1. The molecule has 0 aliphatic heterocycles. The minimum absolute atomic E-state index is 0.0927. The van der Waals surface area contributed by atoms with Gasteiger partial charge in [-0.1, -0.05) is 12.1 Å². The van der Waals surface area contributed by atoms with Crippen molar-refractivity contribution < 1.29 is 22.0 Å². The summed E-state index contributed by atoms with van der Waals surface area (Å²) < 4.78 is 52.2. The van der Waals surface area contributed by atoms with Gasteiger partial charge in [-0.2, -0.15) is 0 Å². The van der Waals surface area contributed by atoms with E-state index < -0.39 is 28.1 Å². The molecule has 2 aliphatic carbocycles. The third-order valence-corrected chi connectivity index (χ3v) is 8.97. The molecular weight excluding hydrogens is 430 g/mol. The Hall–Kier alpha value is -1.87. The largest absolute Gasteiger partial charge is 0.301 e.